The lowest BCUT2D eigenvalue weighted by molar-refractivity contribution is 0.296. The third-order valence-electron chi connectivity index (χ3n) is 5.77. The second kappa shape index (κ2) is 11.9. The predicted molar refractivity (Wildman–Crippen MR) is 107 cm³/mol. The van der Waals surface area contributed by atoms with E-state index in [1.807, 2.05) is 0 Å². The maximum absolute atomic E-state index is 8.62. The molecule has 1 fully saturated rings. The maximum Gasteiger partial charge on any atom is 0.0908 e. The molecule has 25 heavy (non-hydrogen) atoms. The summed E-state index contributed by atoms with van der Waals surface area (Å²) in [4.78, 5) is 0. The molecule has 0 bridgehead atoms. The van der Waals surface area contributed by atoms with Gasteiger partial charge in [-0.1, -0.05) is 62.9 Å². The molecule has 0 unspecified atom stereocenters. The molecular formula is C24H35N. The first kappa shape index (κ1) is 19.8. The van der Waals surface area contributed by atoms with Gasteiger partial charge in [0.2, 0.25) is 0 Å². The summed E-state index contributed by atoms with van der Waals surface area (Å²) in [5.74, 6) is 1.53. The molecule has 2 rings (SSSR count). The second-order valence-electron chi connectivity index (χ2n) is 7.79. The van der Waals surface area contributed by atoms with E-state index in [-0.39, 0.29) is 0 Å². The van der Waals surface area contributed by atoms with Gasteiger partial charge < -0.3 is 0 Å². The van der Waals surface area contributed by atoms with Gasteiger partial charge in [-0.25, -0.2) is 0 Å². The van der Waals surface area contributed by atoms with Gasteiger partial charge >= 0.3 is 0 Å². The molecule has 1 aromatic rings. The molecule has 1 aromatic carbocycles. The molecule has 0 spiro atoms. The minimum atomic E-state index is 0.646. The van der Waals surface area contributed by atoms with Crippen LogP contribution in [0, 0.1) is 23.2 Å². The van der Waals surface area contributed by atoms with Crippen LogP contribution in [-0.2, 0) is 12.8 Å². The number of aryl methyl sites for hydroxylation is 2. The van der Waals surface area contributed by atoms with Gasteiger partial charge in [0.15, 0.2) is 0 Å². The van der Waals surface area contributed by atoms with E-state index in [0.717, 1.165) is 5.92 Å². The Morgan fingerprint density at radius 1 is 0.920 bits per heavy atom. The van der Waals surface area contributed by atoms with E-state index in [4.69, 9.17) is 5.26 Å². The van der Waals surface area contributed by atoms with Crippen LogP contribution in [0.15, 0.2) is 36.4 Å². The Balaban J connectivity index is 1.63. The van der Waals surface area contributed by atoms with Crippen molar-refractivity contribution in [1.82, 2.24) is 0 Å². The summed E-state index contributed by atoms with van der Waals surface area (Å²) in [6.45, 7) is 2.27. The first-order valence-electron chi connectivity index (χ1n) is 10.5. The molecule has 0 N–H and O–H groups in total. The SMILES string of the molecule is CCCCCCCc1ccc(CC[C@H]2CC[C@H](/C=C/C#N)CC2)cc1. The van der Waals surface area contributed by atoms with E-state index >= 15 is 0 Å². The summed E-state index contributed by atoms with van der Waals surface area (Å²) in [7, 11) is 0. The van der Waals surface area contributed by atoms with Crippen molar-refractivity contribution in [3.63, 3.8) is 0 Å². The average molecular weight is 338 g/mol. The van der Waals surface area contributed by atoms with Gasteiger partial charge in [0.25, 0.3) is 0 Å². The quantitative estimate of drug-likeness (QED) is 0.332. The van der Waals surface area contributed by atoms with Crippen molar-refractivity contribution < 1.29 is 0 Å². The average Bonchev–Trinajstić information content (AvgIpc) is 2.66. The van der Waals surface area contributed by atoms with Crippen LogP contribution in [0.2, 0.25) is 0 Å². The van der Waals surface area contributed by atoms with E-state index in [9.17, 15) is 0 Å². The standard InChI is InChI=1S/C24H35N/c1-2-3-4-5-6-8-21-10-14-23(15-11-21)18-19-24-16-12-22(13-17-24)9-7-20-25/h7,9-11,14-15,22,24H,2-6,8,12-13,16-19H2,1H3/b9-7+/t22-,24-. The zero-order valence-corrected chi connectivity index (χ0v) is 16.1. The molecule has 0 radical (unpaired) electrons. The number of nitrogens with zero attached hydrogens (tertiary/aromatic N) is 1. The monoisotopic (exact) mass is 337 g/mol. The smallest absolute Gasteiger partial charge is 0.0908 e. The van der Waals surface area contributed by atoms with Crippen LogP contribution in [0.25, 0.3) is 0 Å². The van der Waals surface area contributed by atoms with Crippen LogP contribution in [0.3, 0.4) is 0 Å². The molecule has 0 atom stereocenters. The lowest BCUT2D eigenvalue weighted by Gasteiger charge is -2.26. The molecule has 0 aromatic heterocycles. The Morgan fingerprint density at radius 2 is 1.56 bits per heavy atom. The van der Waals surface area contributed by atoms with Crippen molar-refractivity contribution in [3.8, 4) is 6.07 Å². The van der Waals surface area contributed by atoms with Gasteiger partial charge in [-0.05, 0) is 74.3 Å². The molecule has 0 amide bonds. The number of benzene rings is 1. The lowest BCUT2D eigenvalue weighted by atomic mass is 9.79. The Bertz CT molecular complexity index is 526. The number of unbranched alkanes of at least 4 members (excludes halogenated alkanes) is 4. The molecule has 0 saturated heterocycles. The largest absolute Gasteiger partial charge is 0.193 e. The van der Waals surface area contributed by atoms with Crippen LogP contribution in [0.1, 0.15) is 82.3 Å². The minimum Gasteiger partial charge on any atom is -0.193 e. The maximum atomic E-state index is 8.62. The third kappa shape index (κ3) is 7.91. The van der Waals surface area contributed by atoms with Gasteiger partial charge in [-0.3, -0.25) is 0 Å². The summed E-state index contributed by atoms with van der Waals surface area (Å²) in [5, 5.41) is 8.62. The molecule has 1 nitrogen and oxygen atoms in total. The molecule has 1 aliphatic rings. The highest BCUT2D eigenvalue weighted by Gasteiger charge is 2.19. The van der Waals surface area contributed by atoms with Crippen molar-refractivity contribution in [1.29, 1.82) is 5.26 Å². The first-order chi connectivity index (χ1) is 12.3. The molecule has 1 aliphatic carbocycles. The predicted octanol–water partition coefficient (Wildman–Crippen LogP) is 7.02. The molecule has 0 aliphatic heterocycles. The van der Waals surface area contributed by atoms with Crippen molar-refractivity contribution in [2.45, 2.75) is 84.0 Å². The zero-order chi connectivity index (χ0) is 17.7. The molecule has 136 valence electrons. The first-order valence-corrected chi connectivity index (χ1v) is 10.5. The molecular weight excluding hydrogens is 302 g/mol. The minimum absolute atomic E-state index is 0.646. The van der Waals surface area contributed by atoms with Crippen LogP contribution in [-0.4, -0.2) is 0 Å². The number of hydrogen-bond acceptors (Lipinski definition) is 1. The molecule has 1 heteroatoms. The van der Waals surface area contributed by atoms with Crippen LogP contribution >= 0.6 is 0 Å². The fraction of sp³-hybridized carbons (Fsp3) is 0.625. The Labute approximate surface area is 155 Å². The summed E-state index contributed by atoms with van der Waals surface area (Å²) in [6, 6.07) is 11.5. The highest BCUT2D eigenvalue weighted by Crippen LogP contribution is 2.32. The van der Waals surface area contributed by atoms with Crippen molar-refractivity contribution >= 4 is 0 Å². The van der Waals surface area contributed by atoms with Gasteiger partial charge in [-0.15, -0.1) is 0 Å². The number of nitriles is 1. The van der Waals surface area contributed by atoms with Crippen molar-refractivity contribution in [2.24, 2.45) is 11.8 Å². The fourth-order valence-electron chi connectivity index (χ4n) is 4.02. The normalized spacial score (nSPS) is 20.6. The third-order valence-corrected chi connectivity index (χ3v) is 5.77. The number of hydrogen-bond donors (Lipinski definition) is 0. The molecule has 1 saturated carbocycles. The van der Waals surface area contributed by atoms with Crippen LogP contribution in [0.4, 0.5) is 0 Å². The van der Waals surface area contributed by atoms with E-state index in [1.54, 1.807) is 6.08 Å². The summed E-state index contributed by atoms with van der Waals surface area (Å²) < 4.78 is 0. The number of allylic oxidation sites excluding steroid dienone is 2. The van der Waals surface area contributed by atoms with Crippen LogP contribution < -0.4 is 0 Å². The lowest BCUT2D eigenvalue weighted by Crippen LogP contribution is -2.13. The summed E-state index contributed by atoms with van der Waals surface area (Å²) in [5.41, 5.74) is 3.01. The Kier molecular flexibility index (Phi) is 9.42. The van der Waals surface area contributed by atoms with Crippen molar-refractivity contribution in [3.05, 3.63) is 47.5 Å². The van der Waals surface area contributed by atoms with E-state index in [1.165, 1.54) is 88.2 Å². The van der Waals surface area contributed by atoms with E-state index in [0.29, 0.717) is 5.92 Å². The van der Waals surface area contributed by atoms with Gasteiger partial charge in [0.1, 0.15) is 0 Å². The summed E-state index contributed by atoms with van der Waals surface area (Å²) >= 11 is 0. The van der Waals surface area contributed by atoms with Gasteiger partial charge in [0.05, 0.1) is 6.07 Å². The van der Waals surface area contributed by atoms with Crippen LogP contribution in [0.5, 0.6) is 0 Å². The number of rotatable bonds is 10. The topological polar surface area (TPSA) is 23.8 Å². The Morgan fingerprint density at radius 3 is 2.20 bits per heavy atom. The highest BCUT2D eigenvalue weighted by atomic mass is 14.3. The Hall–Kier alpha value is -1.55. The zero-order valence-electron chi connectivity index (χ0n) is 16.1. The molecule has 0 heterocycles. The van der Waals surface area contributed by atoms with E-state index in [2.05, 4.69) is 43.3 Å². The fourth-order valence-corrected chi connectivity index (χ4v) is 4.02. The highest BCUT2D eigenvalue weighted by molar-refractivity contribution is 5.22. The summed E-state index contributed by atoms with van der Waals surface area (Å²) in [6.07, 6.45) is 19.6. The van der Waals surface area contributed by atoms with Gasteiger partial charge in [-0.2, -0.15) is 5.26 Å². The van der Waals surface area contributed by atoms with Gasteiger partial charge in [0, 0.05) is 6.08 Å². The van der Waals surface area contributed by atoms with E-state index < -0.39 is 0 Å². The second-order valence-corrected chi connectivity index (χ2v) is 7.79. The van der Waals surface area contributed by atoms with Crippen molar-refractivity contribution in [2.75, 3.05) is 0 Å².